The average Bonchev–Trinajstić information content (AvgIpc) is 2.75. The van der Waals surface area contributed by atoms with E-state index in [2.05, 4.69) is 20.7 Å². The summed E-state index contributed by atoms with van der Waals surface area (Å²) in [6.07, 6.45) is 0. The summed E-state index contributed by atoms with van der Waals surface area (Å²) in [5.41, 5.74) is 1.26. The number of hydrogen-bond donors (Lipinski definition) is 1. The van der Waals surface area contributed by atoms with Crippen molar-refractivity contribution in [3.63, 3.8) is 0 Å². The number of benzene rings is 1. The Balaban J connectivity index is 2.31. The molecule has 8 heteroatoms. The first-order chi connectivity index (χ1) is 9.31. The Hall–Kier alpha value is -0.760. The second-order valence-electron chi connectivity index (χ2n) is 4.22. The van der Waals surface area contributed by atoms with Crippen molar-refractivity contribution in [1.82, 2.24) is 0 Å². The van der Waals surface area contributed by atoms with E-state index in [9.17, 15) is 8.42 Å². The van der Waals surface area contributed by atoms with Crippen LogP contribution in [0.5, 0.6) is 0 Å². The number of sulfonamides is 1. The lowest BCUT2D eigenvalue weighted by atomic mass is 10.3. The van der Waals surface area contributed by atoms with Crippen molar-refractivity contribution < 1.29 is 8.42 Å². The van der Waals surface area contributed by atoms with E-state index < -0.39 is 10.0 Å². The minimum Gasteiger partial charge on any atom is -0.376 e. The molecular weight excluding hydrogens is 384 g/mol. The van der Waals surface area contributed by atoms with E-state index in [4.69, 9.17) is 11.6 Å². The van der Waals surface area contributed by atoms with Crippen LogP contribution in [0, 0.1) is 0 Å². The fourth-order valence-corrected chi connectivity index (χ4v) is 5.34. The van der Waals surface area contributed by atoms with Gasteiger partial charge in [-0.05, 0) is 45.6 Å². The second-order valence-corrected chi connectivity index (χ2v) is 8.28. The Labute approximate surface area is 135 Å². The van der Waals surface area contributed by atoms with Crippen LogP contribution in [-0.4, -0.2) is 22.5 Å². The van der Waals surface area contributed by atoms with Crippen LogP contribution in [0.4, 0.5) is 11.4 Å². The zero-order chi connectivity index (χ0) is 14.9. The number of thiophene rings is 1. The smallest absolute Gasteiger partial charge is 0.272 e. The first-order valence-corrected chi connectivity index (χ1v) is 9.07. The van der Waals surface area contributed by atoms with Crippen LogP contribution in [0.2, 0.25) is 5.02 Å². The maximum Gasteiger partial charge on any atom is 0.272 e. The molecule has 108 valence electrons. The van der Waals surface area contributed by atoms with Crippen LogP contribution in [-0.2, 0) is 10.0 Å². The van der Waals surface area contributed by atoms with E-state index >= 15 is 0 Å². The molecule has 0 aliphatic carbocycles. The van der Waals surface area contributed by atoms with Crippen molar-refractivity contribution >= 4 is 60.3 Å². The topological polar surface area (TPSA) is 49.4 Å². The maximum atomic E-state index is 12.2. The van der Waals surface area contributed by atoms with Crippen LogP contribution in [0.15, 0.2) is 38.3 Å². The summed E-state index contributed by atoms with van der Waals surface area (Å²) >= 11 is 10.5. The summed E-state index contributed by atoms with van der Waals surface area (Å²) in [5, 5.41) is 2.20. The molecule has 0 amide bonds. The van der Waals surface area contributed by atoms with Crippen LogP contribution >= 0.6 is 38.9 Å². The van der Waals surface area contributed by atoms with Gasteiger partial charge in [-0.2, -0.15) is 0 Å². The molecule has 0 spiro atoms. The third-order valence-corrected chi connectivity index (χ3v) is 6.86. The van der Waals surface area contributed by atoms with E-state index in [1.807, 2.05) is 19.0 Å². The Kier molecular flexibility index (Phi) is 4.63. The Morgan fingerprint density at radius 3 is 2.50 bits per heavy atom. The van der Waals surface area contributed by atoms with Gasteiger partial charge in [0.15, 0.2) is 4.21 Å². The highest BCUT2D eigenvalue weighted by molar-refractivity contribution is 9.10. The number of hydrogen-bond acceptors (Lipinski definition) is 4. The molecule has 1 heterocycles. The molecule has 0 bridgehead atoms. The van der Waals surface area contributed by atoms with Crippen LogP contribution in [0.25, 0.3) is 0 Å². The van der Waals surface area contributed by atoms with Crippen molar-refractivity contribution in [3.8, 4) is 0 Å². The molecule has 0 aliphatic heterocycles. The van der Waals surface area contributed by atoms with Crippen LogP contribution < -0.4 is 9.62 Å². The third-order valence-electron chi connectivity index (χ3n) is 2.51. The third kappa shape index (κ3) is 3.28. The number of rotatable bonds is 4. The van der Waals surface area contributed by atoms with Crippen molar-refractivity contribution in [3.05, 3.63) is 39.1 Å². The monoisotopic (exact) mass is 394 g/mol. The van der Waals surface area contributed by atoms with Gasteiger partial charge in [-0.15, -0.1) is 11.3 Å². The van der Waals surface area contributed by atoms with E-state index in [1.165, 1.54) is 0 Å². The number of nitrogens with zero attached hydrogens (tertiary/aromatic N) is 1. The van der Waals surface area contributed by atoms with Crippen molar-refractivity contribution in [2.24, 2.45) is 0 Å². The summed E-state index contributed by atoms with van der Waals surface area (Å²) in [6.45, 7) is 0. The quantitative estimate of drug-likeness (QED) is 0.850. The van der Waals surface area contributed by atoms with Crippen molar-refractivity contribution in [2.45, 2.75) is 4.21 Å². The summed E-state index contributed by atoms with van der Waals surface area (Å²) in [5.74, 6) is 0. The Bertz CT molecular complexity index is 729. The molecule has 1 N–H and O–H groups in total. The molecule has 0 fully saturated rings. The summed E-state index contributed by atoms with van der Waals surface area (Å²) in [6, 6.07) is 6.74. The minimum absolute atomic E-state index is 0.241. The second kappa shape index (κ2) is 5.93. The van der Waals surface area contributed by atoms with Gasteiger partial charge in [0.1, 0.15) is 0 Å². The summed E-state index contributed by atoms with van der Waals surface area (Å²) in [7, 11) is 0.137. The molecule has 0 unspecified atom stereocenters. The molecule has 0 atom stereocenters. The van der Waals surface area contributed by atoms with Crippen molar-refractivity contribution in [1.29, 1.82) is 0 Å². The zero-order valence-corrected chi connectivity index (χ0v) is 14.7. The molecule has 0 saturated heterocycles. The molecule has 20 heavy (non-hydrogen) atoms. The number of halogens is 2. The Morgan fingerprint density at radius 1 is 1.30 bits per heavy atom. The normalized spacial score (nSPS) is 11.4. The molecule has 2 aromatic rings. The lowest BCUT2D eigenvalue weighted by Crippen LogP contribution is -2.13. The fourth-order valence-electron chi connectivity index (χ4n) is 1.61. The van der Waals surface area contributed by atoms with Gasteiger partial charge < -0.3 is 4.90 Å². The molecule has 0 aliphatic rings. The summed E-state index contributed by atoms with van der Waals surface area (Å²) in [4.78, 5) is 1.86. The van der Waals surface area contributed by atoms with E-state index in [1.54, 1.807) is 29.6 Å². The molecule has 1 aromatic heterocycles. The highest BCUT2D eigenvalue weighted by Gasteiger charge is 2.19. The first-order valence-electron chi connectivity index (χ1n) is 5.54. The van der Waals surface area contributed by atoms with E-state index in [0.717, 1.165) is 17.0 Å². The maximum absolute atomic E-state index is 12.2. The van der Waals surface area contributed by atoms with Gasteiger partial charge in [-0.25, -0.2) is 8.42 Å². The van der Waals surface area contributed by atoms with Gasteiger partial charge in [0.25, 0.3) is 10.0 Å². The molecular formula is C12H12BrClN2O2S2. The number of anilines is 2. The standard InChI is InChI=1S/C12H12BrClN2O2S2/c1-16(2)11-4-3-8(7-10(11)14)15-20(17,18)12-9(13)5-6-19-12/h3-7,15H,1-2H3. The molecule has 0 saturated carbocycles. The largest absolute Gasteiger partial charge is 0.376 e. The minimum atomic E-state index is -3.60. The van der Waals surface area contributed by atoms with Gasteiger partial charge in [0.2, 0.25) is 0 Å². The van der Waals surface area contributed by atoms with Crippen LogP contribution in [0.1, 0.15) is 0 Å². The highest BCUT2D eigenvalue weighted by atomic mass is 79.9. The van der Waals surface area contributed by atoms with E-state index in [-0.39, 0.29) is 4.21 Å². The van der Waals surface area contributed by atoms with Crippen molar-refractivity contribution in [2.75, 3.05) is 23.7 Å². The SMILES string of the molecule is CN(C)c1ccc(NS(=O)(=O)c2sccc2Br)cc1Cl. The average molecular weight is 396 g/mol. The predicted octanol–water partition coefficient (Wildman–Crippen LogP) is 4.03. The molecule has 2 rings (SSSR count). The number of nitrogens with one attached hydrogen (secondary N) is 1. The fraction of sp³-hybridized carbons (Fsp3) is 0.167. The van der Waals surface area contributed by atoms with Gasteiger partial charge in [-0.3, -0.25) is 4.72 Å². The molecule has 1 aromatic carbocycles. The molecule has 0 radical (unpaired) electrons. The van der Waals surface area contributed by atoms with Gasteiger partial charge in [0, 0.05) is 18.6 Å². The van der Waals surface area contributed by atoms with Crippen LogP contribution in [0.3, 0.4) is 0 Å². The van der Waals surface area contributed by atoms with Gasteiger partial charge >= 0.3 is 0 Å². The van der Waals surface area contributed by atoms with Gasteiger partial charge in [0.05, 0.1) is 16.4 Å². The lowest BCUT2D eigenvalue weighted by molar-refractivity contribution is 0.603. The highest BCUT2D eigenvalue weighted by Crippen LogP contribution is 2.31. The zero-order valence-electron chi connectivity index (χ0n) is 10.7. The first kappa shape index (κ1) is 15.6. The predicted molar refractivity (Wildman–Crippen MR) is 88.6 cm³/mol. The van der Waals surface area contributed by atoms with E-state index in [0.29, 0.717) is 15.2 Å². The lowest BCUT2D eigenvalue weighted by Gasteiger charge is -2.15. The molecule has 4 nitrogen and oxygen atoms in total. The van der Waals surface area contributed by atoms with Gasteiger partial charge in [-0.1, -0.05) is 11.6 Å². The Morgan fingerprint density at radius 2 is 2.00 bits per heavy atom. The summed E-state index contributed by atoms with van der Waals surface area (Å²) < 4.78 is 27.8.